The summed E-state index contributed by atoms with van der Waals surface area (Å²) >= 11 is 18.1. The zero-order chi connectivity index (χ0) is 22.5. The Balaban J connectivity index is 1.47. The average molecular weight is 488 g/mol. The van der Waals surface area contributed by atoms with Crippen LogP contribution < -0.4 is 10.1 Å². The Labute approximate surface area is 191 Å². The molecule has 0 saturated carbocycles. The first-order valence-corrected chi connectivity index (χ1v) is 10.2. The molecule has 3 rings (SSSR count). The lowest BCUT2D eigenvalue weighted by Crippen LogP contribution is -2.26. The molecule has 2 heterocycles. The van der Waals surface area contributed by atoms with Crippen molar-refractivity contribution in [3.63, 3.8) is 0 Å². The minimum Gasteiger partial charge on any atom is -0.470 e. The third kappa shape index (κ3) is 5.66. The molecule has 31 heavy (non-hydrogen) atoms. The summed E-state index contributed by atoms with van der Waals surface area (Å²) in [5, 5.41) is 22.8. The van der Waals surface area contributed by atoms with Gasteiger partial charge in [0.25, 0.3) is 11.6 Å². The highest BCUT2D eigenvalue weighted by molar-refractivity contribution is 6.41. The van der Waals surface area contributed by atoms with E-state index in [0.717, 1.165) is 0 Å². The van der Waals surface area contributed by atoms with Gasteiger partial charge < -0.3 is 10.1 Å². The summed E-state index contributed by atoms with van der Waals surface area (Å²) in [6, 6.07) is 5.43. The van der Waals surface area contributed by atoms with Gasteiger partial charge in [0, 0.05) is 31.4 Å². The van der Waals surface area contributed by atoms with Gasteiger partial charge >= 0.3 is 0 Å². The zero-order valence-corrected chi connectivity index (χ0v) is 18.5. The fourth-order valence-electron chi connectivity index (χ4n) is 2.61. The molecule has 164 valence electrons. The van der Waals surface area contributed by atoms with E-state index in [2.05, 4.69) is 15.5 Å². The van der Waals surface area contributed by atoms with Crippen molar-refractivity contribution in [2.24, 2.45) is 0 Å². The van der Waals surface area contributed by atoms with Crippen LogP contribution in [0.25, 0.3) is 0 Å². The van der Waals surface area contributed by atoms with Crippen molar-refractivity contribution >= 4 is 46.4 Å². The zero-order valence-electron chi connectivity index (χ0n) is 16.2. The first-order valence-electron chi connectivity index (χ1n) is 9.03. The van der Waals surface area contributed by atoms with E-state index in [9.17, 15) is 14.9 Å². The molecule has 1 N–H and O–H groups in total. The standard InChI is InChI=1S/C18H17Cl3N6O4/c1-11-16(20)17(21)26(23-11)7-2-6-22-18(28)14-5-8-25(24-14)10-31-15-4-3-12(27(29)30)9-13(15)19/h3-5,8-9H,2,6-7,10H2,1H3,(H,22,28). The number of carbonyl (C=O) groups excluding carboxylic acids is 1. The number of ether oxygens (including phenoxy) is 1. The molecule has 13 heteroatoms. The normalized spacial score (nSPS) is 10.8. The van der Waals surface area contributed by atoms with Crippen LogP contribution in [-0.2, 0) is 13.3 Å². The lowest BCUT2D eigenvalue weighted by atomic mass is 10.3. The van der Waals surface area contributed by atoms with Crippen LogP contribution in [0, 0.1) is 17.0 Å². The molecule has 0 aliphatic rings. The van der Waals surface area contributed by atoms with Crippen molar-refractivity contribution in [2.75, 3.05) is 6.54 Å². The van der Waals surface area contributed by atoms with Crippen LogP contribution in [0.1, 0.15) is 22.6 Å². The summed E-state index contributed by atoms with van der Waals surface area (Å²) in [7, 11) is 0. The Morgan fingerprint density at radius 3 is 2.68 bits per heavy atom. The second-order valence-electron chi connectivity index (χ2n) is 6.41. The smallest absolute Gasteiger partial charge is 0.271 e. The fourth-order valence-corrected chi connectivity index (χ4v) is 3.24. The van der Waals surface area contributed by atoms with E-state index in [1.807, 2.05) is 0 Å². The highest BCUT2D eigenvalue weighted by atomic mass is 35.5. The average Bonchev–Trinajstić information content (AvgIpc) is 3.31. The molecule has 1 aromatic carbocycles. The van der Waals surface area contributed by atoms with Crippen molar-refractivity contribution in [3.8, 4) is 5.75 Å². The molecule has 10 nitrogen and oxygen atoms in total. The van der Waals surface area contributed by atoms with Gasteiger partial charge in [0.1, 0.15) is 21.6 Å². The fraction of sp³-hybridized carbons (Fsp3) is 0.278. The molecule has 0 bridgehead atoms. The Hall–Kier alpha value is -2.82. The van der Waals surface area contributed by atoms with Gasteiger partial charge in [-0.2, -0.15) is 10.2 Å². The number of carbonyl (C=O) groups is 1. The topological polar surface area (TPSA) is 117 Å². The summed E-state index contributed by atoms with van der Waals surface area (Å²) in [6.45, 7) is 2.64. The van der Waals surface area contributed by atoms with Crippen molar-refractivity contribution in [2.45, 2.75) is 26.6 Å². The first kappa shape index (κ1) is 22.9. The minimum atomic E-state index is -0.548. The quantitative estimate of drug-likeness (QED) is 0.276. The molecule has 0 unspecified atom stereocenters. The summed E-state index contributed by atoms with van der Waals surface area (Å²) in [6.07, 6.45) is 2.17. The number of amides is 1. The van der Waals surface area contributed by atoms with Crippen LogP contribution in [0.2, 0.25) is 15.2 Å². The Morgan fingerprint density at radius 1 is 1.26 bits per heavy atom. The number of nitro benzene ring substituents is 1. The molecule has 1 amide bonds. The maximum absolute atomic E-state index is 12.2. The lowest BCUT2D eigenvalue weighted by molar-refractivity contribution is -0.384. The number of hydrogen-bond acceptors (Lipinski definition) is 6. The van der Waals surface area contributed by atoms with E-state index in [-0.39, 0.29) is 34.8 Å². The maximum atomic E-state index is 12.2. The summed E-state index contributed by atoms with van der Waals surface area (Å²) < 4.78 is 8.49. The van der Waals surface area contributed by atoms with Crippen molar-refractivity contribution in [1.29, 1.82) is 0 Å². The number of aromatic nitrogens is 4. The molecule has 0 fully saturated rings. The van der Waals surface area contributed by atoms with Gasteiger partial charge in [0.15, 0.2) is 6.73 Å². The van der Waals surface area contributed by atoms with Crippen LogP contribution in [0.5, 0.6) is 5.75 Å². The predicted molar refractivity (Wildman–Crippen MR) is 115 cm³/mol. The highest BCUT2D eigenvalue weighted by Crippen LogP contribution is 2.29. The molecular weight excluding hydrogens is 471 g/mol. The summed E-state index contributed by atoms with van der Waals surface area (Å²) in [5.74, 6) is -0.0747. The molecule has 0 aliphatic heterocycles. The van der Waals surface area contributed by atoms with Crippen molar-refractivity contribution in [3.05, 3.63) is 67.2 Å². The first-order chi connectivity index (χ1) is 14.8. The van der Waals surface area contributed by atoms with Crippen LogP contribution in [0.15, 0.2) is 30.5 Å². The third-order valence-electron chi connectivity index (χ3n) is 4.18. The second-order valence-corrected chi connectivity index (χ2v) is 7.55. The number of non-ortho nitro benzene ring substituents is 1. The van der Waals surface area contributed by atoms with Crippen LogP contribution in [-0.4, -0.2) is 36.9 Å². The molecule has 0 saturated heterocycles. The van der Waals surface area contributed by atoms with E-state index in [4.69, 9.17) is 39.5 Å². The summed E-state index contributed by atoms with van der Waals surface area (Å²) in [4.78, 5) is 22.4. The van der Waals surface area contributed by atoms with Gasteiger partial charge in [-0.3, -0.25) is 19.6 Å². The molecule has 0 atom stereocenters. The monoisotopic (exact) mass is 486 g/mol. The van der Waals surface area contributed by atoms with Crippen LogP contribution >= 0.6 is 34.8 Å². The van der Waals surface area contributed by atoms with Gasteiger partial charge in [0.05, 0.1) is 15.6 Å². The second kappa shape index (κ2) is 9.99. The van der Waals surface area contributed by atoms with E-state index in [1.54, 1.807) is 23.9 Å². The van der Waals surface area contributed by atoms with Crippen molar-refractivity contribution < 1.29 is 14.5 Å². The molecular formula is C18H17Cl3N6O4. The SMILES string of the molecule is Cc1nn(CCCNC(=O)c2ccn(COc3ccc([N+](=O)[O-])cc3Cl)n2)c(Cl)c1Cl. The number of nitrogens with one attached hydrogen (secondary N) is 1. The minimum absolute atomic E-state index is 0.0251. The van der Waals surface area contributed by atoms with E-state index in [0.29, 0.717) is 35.4 Å². The lowest BCUT2D eigenvalue weighted by Gasteiger charge is -2.08. The number of hydrogen-bond donors (Lipinski definition) is 1. The van der Waals surface area contributed by atoms with Gasteiger partial charge in [0.2, 0.25) is 0 Å². The number of nitro groups is 1. The number of benzene rings is 1. The van der Waals surface area contributed by atoms with Gasteiger partial charge in [-0.15, -0.1) is 0 Å². The third-order valence-corrected chi connectivity index (χ3v) is 5.41. The van der Waals surface area contributed by atoms with Gasteiger partial charge in [-0.1, -0.05) is 34.8 Å². The Bertz CT molecular complexity index is 1110. The maximum Gasteiger partial charge on any atom is 0.271 e. The van der Waals surface area contributed by atoms with Crippen LogP contribution in [0.4, 0.5) is 5.69 Å². The molecule has 0 radical (unpaired) electrons. The van der Waals surface area contributed by atoms with E-state index >= 15 is 0 Å². The highest BCUT2D eigenvalue weighted by Gasteiger charge is 2.13. The number of nitrogens with zero attached hydrogens (tertiary/aromatic N) is 5. The largest absolute Gasteiger partial charge is 0.470 e. The Morgan fingerprint density at radius 2 is 2.03 bits per heavy atom. The molecule has 0 spiro atoms. The van der Waals surface area contributed by atoms with E-state index in [1.165, 1.54) is 22.9 Å². The van der Waals surface area contributed by atoms with E-state index < -0.39 is 4.92 Å². The van der Waals surface area contributed by atoms with Gasteiger partial charge in [-0.25, -0.2) is 4.68 Å². The number of halogens is 3. The number of rotatable bonds is 9. The molecule has 2 aromatic heterocycles. The molecule has 3 aromatic rings. The molecule has 0 aliphatic carbocycles. The summed E-state index contributed by atoms with van der Waals surface area (Å²) in [5.41, 5.74) is 0.733. The number of aryl methyl sites for hydroxylation is 2. The van der Waals surface area contributed by atoms with Gasteiger partial charge in [-0.05, 0) is 25.5 Å². The predicted octanol–water partition coefficient (Wildman–Crippen LogP) is 4.11. The Kier molecular flexibility index (Phi) is 7.37. The van der Waals surface area contributed by atoms with Crippen LogP contribution in [0.3, 0.4) is 0 Å². The van der Waals surface area contributed by atoms with Crippen molar-refractivity contribution in [1.82, 2.24) is 24.9 Å².